The Morgan fingerprint density at radius 3 is 1.49 bits per heavy atom. The van der Waals surface area contributed by atoms with Crippen molar-refractivity contribution in [2.75, 3.05) is 9.91 Å². The third-order valence-corrected chi connectivity index (χ3v) is 13.1. The molecule has 2 aliphatic rings. The van der Waals surface area contributed by atoms with Crippen molar-refractivity contribution in [3.05, 3.63) is 253 Å². The van der Waals surface area contributed by atoms with Crippen LogP contribution < -0.4 is 9.91 Å². The highest BCUT2D eigenvalue weighted by Crippen LogP contribution is 2.51. The van der Waals surface area contributed by atoms with Crippen LogP contribution in [0, 0.1) is 0 Å². The molecule has 0 amide bonds. The zero-order valence-electron chi connectivity index (χ0n) is 35.6. The molecule has 9 aromatic rings. The van der Waals surface area contributed by atoms with Crippen LogP contribution in [0.3, 0.4) is 0 Å². The van der Waals surface area contributed by atoms with Gasteiger partial charge in [0.25, 0.3) is 0 Å². The van der Waals surface area contributed by atoms with E-state index < -0.39 is 0 Å². The number of nitrogens with zero attached hydrogens (tertiary/aromatic N) is 3. The van der Waals surface area contributed by atoms with Gasteiger partial charge in [0.1, 0.15) is 0 Å². The Bertz CT molecular complexity index is 3080. The molecule has 1 aliphatic heterocycles. The Balaban J connectivity index is 0.925. The van der Waals surface area contributed by atoms with Crippen molar-refractivity contribution < 1.29 is 0 Å². The van der Waals surface area contributed by atoms with E-state index in [-0.39, 0.29) is 11.5 Å². The third kappa shape index (κ3) is 7.02. The second kappa shape index (κ2) is 15.9. The Morgan fingerprint density at radius 1 is 0.413 bits per heavy atom. The van der Waals surface area contributed by atoms with Crippen LogP contribution in [0.15, 0.2) is 236 Å². The van der Waals surface area contributed by atoms with E-state index in [4.69, 9.17) is 5.10 Å². The molecule has 0 N–H and O–H groups in total. The summed E-state index contributed by atoms with van der Waals surface area (Å²) in [4.78, 5) is 2.40. The van der Waals surface area contributed by atoms with Crippen molar-refractivity contribution in [3.63, 3.8) is 0 Å². The highest BCUT2D eigenvalue weighted by atomic mass is 15.5. The summed E-state index contributed by atoms with van der Waals surface area (Å²) in [6.07, 6.45) is 0.815. The summed E-state index contributed by atoms with van der Waals surface area (Å²) in [6.45, 7) is 4.70. The number of hydrogen-bond donors (Lipinski definition) is 0. The zero-order valence-corrected chi connectivity index (χ0v) is 35.6. The number of benzene rings is 9. The van der Waals surface area contributed by atoms with Crippen molar-refractivity contribution in [2.45, 2.75) is 31.7 Å². The summed E-state index contributed by atoms with van der Waals surface area (Å²) in [7, 11) is 0. The maximum absolute atomic E-state index is 5.33. The van der Waals surface area contributed by atoms with Crippen molar-refractivity contribution in [3.8, 4) is 44.5 Å². The van der Waals surface area contributed by atoms with Gasteiger partial charge in [-0.1, -0.05) is 202 Å². The monoisotopic (exact) mass is 809 g/mol. The van der Waals surface area contributed by atoms with Gasteiger partial charge in [-0.05, 0) is 104 Å². The van der Waals surface area contributed by atoms with Crippen molar-refractivity contribution in [1.29, 1.82) is 0 Å². The number of hydrogen-bond acceptors (Lipinski definition) is 3. The second-order valence-corrected chi connectivity index (χ2v) is 17.2. The molecule has 1 aliphatic carbocycles. The molecule has 0 spiro atoms. The molecule has 11 rings (SSSR count). The molecule has 1 heterocycles. The molecule has 0 fully saturated rings. The van der Waals surface area contributed by atoms with E-state index in [0.29, 0.717) is 0 Å². The molecule has 0 bridgehead atoms. The van der Waals surface area contributed by atoms with Crippen molar-refractivity contribution >= 4 is 28.5 Å². The van der Waals surface area contributed by atoms with Gasteiger partial charge in [-0.15, -0.1) is 0 Å². The third-order valence-electron chi connectivity index (χ3n) is 13.1. The molecule has 0 aromatic heterocycles. The Labute approximate surface area is 370 Å². The van der Waals surface area contributed by atoms with Gasteiger partial charge in [-0.25, -0.2) is 0 Å². The van der Waals surface area contributed by atoms with Crippen LogP contribution in [0.4, 0.5) is 22.7 Å². The quantitative estimate of drug-likeness (QED) is 0.145. The number of rotatable bonds is 9. The summed E-state index contributed by atoms with van der Waals surface area (Å²) in [5.74, 6) is 0. The van der Waals surface area contributed by atoms with Gasteiger partial charge in [0.05, 0.1) is 17.4 Å². The number of anilines is 4. The van der Waals surface area contributed by atoms with E-state index in [9.17, 15) is 0 Å². The van der Waals surface area contributed by atoms with Crippen LogP contribution in [0.1, 0.15) is 48.6 Å². The summed E-state index contributed by atoms with van der Waals surface area (Å²) in [5.41, 5.74) is 20.4. The van der Waals surface area contributed by atoms with Crippen molar-refractivity contribution in [1.82, 2.24) is 0 Å². The lowest BCUT2D eigenvalue weighted by Gasteiger charge is -2.28. The summed E-state index contributed by atoms with van der Waals surface area (Å²) in [5, 5.41) is 7.58. The van der Waals surface area contributed by atoms with Gasteiger partial charge in [-0.3, -0.25) is 5.01 Å². The van der Waals surface area contributed by atoms with Crippen LogP contribution in [0.5, 0.6) is 0 Å². The minimum Gasteiger partial charge on any atom is -0.310 e. The average molecular weight is 810 g/mol. The highest BCUT2D eigenvalue weighted by molar-refractivity contribution is 6.03. The normalized spacial score (nSPS) is 14.8. The van der Waals surface area contributed by atoms with Gasteiger partial charge < -0.3 is 4.90 Å². The SMILES string of the molecule is CC1(C)c2ccccc2-c2ccc(N(c3ccc(-c4ccccc4)cc3)c3ccc(-c4ccc(C5CC(c6ccccc6)=NN5c5ccccc5-c5ccccc5)cc4)cc3)cc21. The van der Waals surface area contributed by atoms with Crippen molar-refractivity contribution in [2.24, 2.45) is 5.10 Å². The van der Waals surface area contributed by atoms with Crippen LogP contribution in [0.2, 0.25) is 0 Å². The summed E-state index contributed by atoms with van der Waals surface area (Å²) < 4.78 is 0. The van der Waals surface area contributed by atoms with Gasteiger partial charge in [0.2, 0.25) is 0 Å². The first-order valence-corrected chi connectivity index (χ1v) is 22.0. The van der Waals surface area contributed by atoms with Crippen LogP contribution in [-0.2, 0) is 5.41 Å². The van der Waals surface area contributed by atoms with Crippen LogP contribution >= 0.6 is 0 Å². The first-order valence-electron chi connectivity index (χ1n) is 22.0. The van der Waals surface area contributed by atoms with Gasteiger partial charge >= 0.3 is 0 Å². The lowest BCUT2D eigenvalue weighted by Crippen LogP contribution is -2.19. The maximum atomic E-state index is 5.33. The Morgan fingerprint density at radius 2 is 0.873 bits per heavy atom. The summed E-state index contributed by atoms with van der Waals surface area (Å²) >= 11 is 0. The van der Waals surface area contributed by atoms with Gasteiger partial charge in [-0.2, -0.15) is 5.10 Å². The van der Waals surface area contributed by atoms with Gasteiger partial charge in [0, 0.05) is 34.5 Å². The number of para-hydroxylation sites is 1. The zero-order chi connectivity index (χ0) is 42.3. The Hall–Kier alpha value is -7.75. The predicted octanol–water partition coefficient (Wildman–Crippen LogP) is 15.8. The first kappa shape index (κ1) is 38.2. The number of fused-ring (bicyclic) bond motifs is 3. The predicted molar refractivity (Wildman–Crippen MR) is 264 cm³/mol. The van der Waals surface area contributed by atoms with Crippen LogP contribution in [-0.4, -0.2) is 5.71 Å². The molecule has 9 aromatic carbocycles. The molecular weight excluding hydrogens is 763 g/mol. The molecule has 1 unspecified atom stereocenters. The number of hydrazone groups is 1. The van der Waals surface area contributed by atoms with E-state index in [1.807, 2.05) is 0 Å². The fourth-order valence-corrected chi connectivity index (χ4v) is 9.75. The van der Waals surface area contributed by atoms with E-state index in [1.54, 1.807) is 0 Å². The average Bonchev–Trinajstić information content (AvgIpc) is 3.90. The highest BCUT2D eigenvalue weighted by Gasteiger charge is 2.36. The molecule has 1 atom stereocenters. The molecule has 3 heteroatoms. The maximum Gasteiger partial charge on any atom is 0.0832 e. The Kier molecular flexibility index (Phi) is 9.66. The topological polar surface area (TPSA) is 18.8 Å². The minimum absolute atomic E-state index is 0.0495. The smallest absolute Gasteiger partial charge is 0.0832 e. The van der Waals surface area contributed by atoms with E-state index >= 15 is 0 Å². The molecule has 63 heavy (non-hydrogen) atoms. The van der Waals surface area contributed by atoms with E-state index in [1.165, 1.54) is 61.2 Å². The second-order valence-electron chi connectivity index (χ2n) is 17.2. The fourth-order valence-electron chi connectivity index (χ4n) is 9.75. The first-order chi connectivity index (χ1) is 31.0. The summed E-state index contributed by atoms with van der Waals surface area (Å²) in [6, 6.07) is 83.5. The minimum atomic E-state index is -0.100. The van der Waals surface area contributed by atoms with Crippen LogP contribution in [0.25, 0.3) is 44.5 Å². The van der Waals surface area contributed by atoms with Gasteiger partial charge in [0.15, 0.2) is 0 Å². The fraction of sp³-hybridized carbons (Fsp3) is 0.0833. The van der Waals surface area contributed by atoms with E-state index in [2.05, 4.69) is 254 Å². The molecule has 302 valence electrons. The van der Waals surface area contributed by atoms with E-state index in [0.717, 1.165) is 40.4 Å². The molecular formula is C60H47N3. The lowest BCUT2D eigenvalue weighted by atomic mass is 9.82. The lowest BCUT2D eigenvalue weighted by molar-refractivity contribution is 0.660. The standard InChI is InChI=1S/C60H47N3/c1-60(2)55-24-14-12-23-53(55)54-39-38-51(40-56(54)60)62(49-34-30-44(31-35-49)42-16-6-3-7-17-42)50-36-32-45(33-37-50)43-26-28-48(29-27-43)59-41-57(47-20-10-5-11-21-47)61-63(59)58-25-15-13-22-52(58)46-18-8-4-9-19-46/h3-40,59H,41H2,1-2H3. The molecule has 3 nitrogen and oxygen atoms in total. The molecule has 0 radical (unpaired) electrons. The molecule has 0 saturated carbocycles. The largest absolute Gasteiger partial charge is 0.310 e. The molecule has 0 saturated heterocycles.